The van der Waals surface area contributed by atoms with Crippen molar-refractivity contribution in [2.45, 2.75) is 6.04 Å². The van der Waals surface area contributed by atoms with Gasteiger partial charge in [0.2, 0.25) is 0 Å². The fourth-order valence-electron chi connectivity index (χ4n) is 2.34. The Hall–Kier alpha value is -2.49. The lowest BCUT2D eigenvalue weighted by Gasteiger charge is -2.27. The van der Waals surface area contributed by atoms with Crippen molar-refractivity contribution in [3.8, 4) is 0 Å². The number of hydrogen-bond acceptors (Lipinski definition) is 3. The number of anilines is 3. The highest BCUT2D eigenvalue weighted by molar-refractivity contribution is 6.03. The summed E-state index contributed by atoms with van der Waals surface area (Å²) in [5.74, 6) is -0.0266. The summed E-state index contributed by atoms with van der Waals surface area (Å²) >= 11 is 0. The van der Waals surface area contributed by atoms with Gasteiger partial charge in [-0.05, 0) is 29.8 Å². The summed E-state index contributed by atoms with van der Waals surface area (Å²) in [6.07, 6.45) is 0. The topological polar surface area (TPSA) is 44.4 Å². The van der Waals surface area contributed by atoms with Crippen molar-refractivity contribution < 1.29 is 4.79 Å². The summed E-state index contributed by atoms with van der Waals surface area (Å²) in [5, 5.41) is 6.22. The molecule has 0 aromatic heterocycles. The zero-order valence-electron chi connectivity index (χ0n) is 11.6. The summed E-state index contributed by atoms with van der Waals surface area (Å²) in [7, 11) is 3.99. The molecule has 0 bridgehead atoms. The molecule has 102 valence electrons. The smallest absolute Gasteiger partial charge is 0.251 e. The third kappa shape index (κ3) is 2.20. The normalized spacial score (nSPS) is 16.9. The van der Waals surface area contributed by atoms with Crippen molar-refractivity contribution in [2.24, 2.45) is 0 Å². The third-order valence-corrected chi connectivity index (χ3v) is 3.49. The lowest BCUT2D eigenvalue weighted by molar-refractivity contribution is -0.117. The Labute approximate surface area is 118 Å². The first kappa shape index (κ1) is 12.5. The molecule has 1 heterocycles. The second-order valence-corrected chi connectivity index (χ2v) is 5.10. The van der Waals surface area contributed by atoms with Gasteiger partial charge in [-0.25, -0.2) is 0 Å². The average molecular weight is 267 g/mol. The van der Waals surface area contributed by atoms with Gasteiger partial charge in [0.1, 0.15) is 6.04 Å². The summed E-state index contributed by atoms with van der Waals surface area (Å²) in [5.41, 5.74) is 3.86. The van der Waals surface area contributed by atoms with Gasteiger partial charge in [-0.3, -0.25) is 4.79 Å². The van der Waals surface area contributed by atoms with Crippen molar-refractivity contribution in [3.05, 3.63) is 54.1 Å². The van der Waals surface area contributed by atoms with E-state index in [4.69, 9.17) is 0 Å². The molecule has 0 radical (unpaired) electrons. The maximum Gasteiger partial charge on any atom is 0.251 e. The molecule has 1 aliphatic rings. The Morgan fingerprint density at radius 3 is 2.25 bits per heavy atom. The molecule has 2 N–H and O–H groups in total. The van der Waals surface area contributed by atoms with Crippen molar-refractivity contribution in [1.29, 1.82) is 0 Å². The largest absolute Gasteiger partial charge is 0.378 e. The van der Waals surface area contributed by atoms with Gasteiger partial charge >= 0.3 is 0 Å². The Morgan fingerprint density at radius 1 is 0.950 bits per heavy atom. The van der Waals surface area contributed by atoms with E-state index in [1.165, 1.54) is 0 Å². The molecule has 0 spiro atoms. The molecule has 1 unspecified atom stereocenters. The zero-order chi connectivity index (χ0) is 14.1. The Bertz CT molecular complexity index is 634. The number of fused-ring (bicyclic) bond motifs is 1. The van der Waals surface area contributed by atoms with Crippen LogP contribution in [-0.2, 0) is 4.79 Å². The van der Waals surface area contributed by atoms with Gasteiger partial charge in [0.15, 0.2) is 0 Å². The van der Waals surface area contributed by atoms with Crippen LogP contribution in [0.4, 0.5) is 17.1 Å². The average Bonchev–Trinajstić information content (AvgIpc) is 2.46. The molecule has 1 atom stereocenters. The van der Waals surface area contributed by atoms with E-state index in [1.54, 1.807) is 0 Å². The van der Waals surface area contributed by atoms with Gasteiger partial charge in [0.05, 0.1) is 11.4 Å². The third-order valence-electron chi connectivity index (χ3n) is 3.49. The summed E-state index contributed by atoms with van der Waals surface area (Å²) in [6, 6.07) is 15.4. The van der Waals surface area contributed by atoms with Crippen molar-refractivity contribution in [1.82, 2.24) is 0 Å². The highest BCUT2D eigenvalue weighted by Gasteiger charge is 2.26. The lowest BCUT2D eigenvalue weighted by Crippen LogP contribution is -2.31. The van der Waals surface area contributed by atoms with Crippen molar-refractivity contribution in [2.75, 3.05) is 29.6 Å². The number of nitrogens with zero attached hydrogens (tertiary/aromatic N) is 1. The van der Waals surface area contributed by atoms with Crippen LogP contribution in [0.15, 0.2) is 48.5 Å². The number of nitrogens with one attached hydrogen (secondary N) is 2. The van der Waals surface area contributed by atoms with Crippen LogP contribution in [-0.4, -0.2) is 20.0 Å². The van der Waals surface area contributed by atoms with Gasteiger partial charge in [0, 0.05) is 19.8 Å². The quantitative estimate of drug-likeness (QED) is 0.879. The lowest BCUT2D eigenvalue weighted by atomic mass is 10.0. The summed E-state index contributed by atoms with van der Waals surface area (Å²) < 4.78 is 0. The molecular weight excluding hydrogens is 250 g/mol. The molecular formula is C16H17N3O. The molecule has 0 fully saturated rings. The summed E-state index contributed by atoms with van der Waals surface area (Å²) in [4.78, 5) is 14.2. The first-order valence-electron chi connectivity index (χ1n) is 6.59. The molecule has 1 aliphatic heterocycles. The number of benzene rings is 2. The summed E-state index contributed by atoms with van der Waals surface area (Å²) in [6.45, 7) is 0. The Kier molecular flexibility index (Phi) is 3.06. The molecule has 4 heteroatoms. The van der Waals surface area contributed by atoms with Crippen molar-refractivity contribution in [3.63, 3.8) is 0 Å². The van der Waals surface area contributed by atoms with E-state index >= 15 is 0 Å². The van der Waals surface area contributed by atoms with Crippen LogP contribution in [0.2, 0.25) is 0 Å². The predicted octanol–water partition coefficient (Wildman–Crippen LogP) is 2.86. The molecule has 4 nitrogen and oxygen atoms in total. The molecule has 0 saturated carbocycles. The monoisotopic (exact) mass is 267 g/mol. The highest BCUT2D eigenvalue weighted by Crippen LogP contribution is 2.32. The van der Waals surface area contributed by atoms with E-state index in [0.717, 1.165) is 22.6 Å². The fraction of sp³-hybridized carbons (Fsp3) is 0.188. The minimum absolute atomic E-state index is 0.0266. The molecule has 2 aromatic carbocycles. The van der Waals surface area contributed by atoms with Gasteiger partial charge in [-0.15, -0.1) is 0 Å². The van der Waals surface area contributed by atoms with Gasteiger partial charge < -0.3 is 15.5 Å². The molecule has 0 aliphatic carbocycles. The van der Waals surface area contributed by atoms with Crippen LogP contribution in [0.1, 0.15) is 11.6 Å². The van der Waals surface area contributed by atoms with E-state index < -0.39 is 0 Å². The number of amides is 1. The minimum atomic E-state index is -0.346. The molecule has 20 heavy (non-hydrogen) atoms. The number of para-hydroxylation sites is 2. The van der Waals surface area contributed by atoms with Gasteiger partial charge in [-0.2, -0.15) is 0 Å². The van der Waals surface area contributed by atoms with Crippen LogP contribution >= 0.6 is 0 Å². The molecule has 2 aromatic rings. The van der Waals surface area contributed by atoms with E-state index in [9.17, 15) is 4.79 Å². The first-order valence-corrected chi connectivity index (χ1v) is 6.59. The van der Waals surface area contributed by atoms with E-state index in [-0.39, 0.29) is 11.9 Å². The predicted molar refractivity (Wildman–Crippen MR) is 82.2 cm³/mol. The van der Waals surface area contributed by atoms with Crippen LogP contribution in [0, 0.1) is 0 Å². The number of rotatable bonds is 2. The van der Waals surface area contributed by atoms with Gasteiger partial charge in [0.25, 0.3) is 5.91 Å². The zero-order valence-corrected chi connectivity index (χ0v) is 11.6. The Morgan fingerprint density at radius 2 is 1.60 bits per heavy atom. The standard InChI is InChI=1S/C16H17N3O/c1-19(2)12-9-7-11(8-10-12)15-16(20)18-14-6-4-3-5-13(14)17-15/h3-10,15,17H,1-2H3,(H,18,20). The molecule has 1 amide bonds. The maximum atomic E-state index is 12.2. The second-order valence-electron chi connectivity index (χ2n) is 5.10. The molecule has 0 saturated heterocycles. The van der Waals surface area contributed by atoms with Gasteiger partial charge in [-0.1, -0.05) is 24.3 Å². The van der Waals surface area contributed by atoms with Crippen LogP contribution in [0.3, 0.4) is 0 Å². The minimum Gasteiger partial charge on any atom is -0.378 e. The second kappa shape index (κ2) is 4.89. The van der Waals surface area contributed by atoms with E-state index in [2.05, 4.69) is 10.6 Å². The first-order chi connectivity index (χ1) is 9.65. The molecule has 3 rings (SSSR count). The van der Waals surface area contributed by atoms with E-state index in [0.29, 0.717) is 0 Å². The Balaban J connectivity index is 1.89. The maximum absolute atomic E-state index is 12.2. The number of carbonyl (C=O) groups excluding carboxylic acids is 1. The number of hydrogen-bond donors (Lipinski definition) is 2. The fourth-order valence-corrected chi connectivity index (χ4v) is 2.34. The van der Waals surface area contributed by atoms with Crippen molar-refractivity contribution >= 4 is 23.0 Å². The highest BCUT2D eigenvalue weighted by atomic mass is 16.2. The van der Waals surface area contributed by atoms with Crippen LogP contribution in [0.25, 0.3) is 0 Å². The van der Waals surface area contributed by atoms with E-state index in [1.807, 2.05) is 67.5 Å². The SMILES string of the molecule is CN(C)c1ccc(C2Nc3ccccc3NC2=O)cc1. The van der Waals surface area contributed by atoms with Crippen LogP contribution < -0.4 is 15.5 Å². The number of carbonyl (C=O) groups is 1. The van der Waals surface area contributed by atoms with Crippen LogP contribution in [0.5, 0.6) is 0 Å².